The highest BCUT2D eigenvalue weighted by Crippen LogP contribution is 2.33. The Morgan fingerprint density at radius 1 is 1.40 bits per heavy atom. The first-order chi connectivity index (χ1) is 9.21. The number of nitrogens with zero attached hydrogens (tertiary/aromatic N) is 4. The van der Waals surface area contributed by atoms with Gasteiger partial charge in [0.1, 0.15) is 5.15 Å². The normalized spacial score (nSPS) is 13.8. The smallest absolute Gasteiger partial charge is 0.130 e. The second kappa shape index (κ2) is 5.42. The first kappa shape index (κ1) is 15.4. The van der Waals surface area contributed by atoms with E-state index in [1.165, 1.54) is 11.5 Å². The summed E-state index contributed by atoms with van der Waals surface area (Å²) in [4.78, 5) is 0.803. The lowest BCUT2D eigenvalue weighted by atomic mass is 9.89. The minimum atomic E-state index is -0.662. The van der Waals surface area contributed by atoms with Crippen LogP contribution >= 0.6 is 23.1 Å². The van der Waals surface area contributed by atoms with Crippen LogP contribution in [0, 0.1) is 6.92 Å². The Kier molecular flexibility index (Phi) is 4.18. The summed E-state index contributed by atoms with van der Waals surface area (Å²) in [6.07, 6.45) is -0.240. The molecule has 0 aromatic carbocycles. The van der Waals surface area contributed by atoms with Crippen LogP contribution in [0.4, 0.5) is 0 Å². The van der Waals surface area contributed by atoms with Crippen molar-refractivity contribution in [2.75, 3.05) is 0 Å². The molecule has 0 spiro atoms. The molecule has 0 aliphatic heterocycles. The van der Waals surface area contributed by atoms with Gasteiger partial charge in [0.05, 0.1) is 22.4 Å². The van der Waals surface area contributed by atoms with Crippen molar-refractivity contribution in [1.82, 2.24) is 19.4 Å². The van der Waals surface area contributed by atoms with Crippen LogP contribution < -0.4 is 0 Å². The van der Waals surface area contributed by atoms with Crippen molar-refractivity contribution in [2.45, 2.75) is 45.6 Å². The van der Waals surface area contributed by atoms with Gasteiger partial charge in [0.25, 0.3) is 0 Å². The molecule has 7 heteroatoms. The number of halogens is 1. The molecule has 2 aromatic heterocycles. The molecule has 0 amide bonds. The van der Waals surface area contributed by atoms with Crippen LogP contribution in [-0.2, 0) is 18.9 Å². The zero-order chi connectivity index (χ0) is 15.1. The van der Waals surface area contributed by atoms with Crippen LogP contribution in [0.2, 0.25) is 5.15 Å². The lowest BCUT2D eigenvalue weighted by molar-refractivity contribution is 0.179. The number of aryl methyl sites for hydroxylation is 2. The highest BCUT2D eigenvalue weighted by molar-refractivity contribution is 7.05. The van der Waals surface area contributed by atoms with Crippen molar-refractivity contribution in [3.63, 3.8) is 0 Å². The topological polar surface area (TPSA) is 63.8 Å². The van der Waals surface area contributed by atoms with Crippen LogP contribution in [0.15, 0.2) is 0 Å². The Bertz CT molecular complexity index is 614. The van der Waals surface area contributed by atoms with Gasteiger partial charge in [-0.3, -0.25) is 4.68 Å². The fourth-order valence-corrected chi connectivity index (χ4v) is 3.23. The first-order valence-electron chi connectivity index (χ1n) is 6.40. The molecule has 110 valence electrons. The van der Waals surface area contributed by atoms with E-state index in [4.69, 9.17) is 11.6 Å². The average molecular weight is 315 g/mol. The van der Waals surface area contributed by atoms with Crippen molar-refractivity contribution < 1.29 is 5.11 Å². The molecule has 2 rings (SSSR count). The van der Waals surface area contributed by atoms with Gasteiger partial charge in [0.2, 0.25) is 0 Å². The molecular weight excluding hydrogens is 296 g/mol. The minimum Gasteiger partial charge on any atom is -0.387 e. The first-order valence-corrected chi connectivity index (χ1v) is 7.55. The zero-order valence-corrected chi connectivity index (χ0v) is 13.9. The van der Waals surface area contributed by atoms with Crippen molar-refractivity contribution in [3.05, 3.63) is 27.0 Å². The van der Waals surface area contributed by atoms with Crippen LogP contribution in [0.5, 0.6) is 0 Å². The molecule has 2 aromatic rings. The maximum atomic E-state index is 10.5. The Morgan fingerprint density at radius 3 is 2.55 bits per heavy atom. The van der Waals surface area contributed by atoms with Crippen molar-refractivity contribution in [2.24, 2.45) is 7.05 Å². The number of aromatic nitrogens is 4. The second-order valence-electron chi connectivity index (χ2n) is 5.93. The highest BCUT2D eigenvalue weighted by Gasteiger charge is 2.27. The number of aliphatic hydroxyl groups is 1. The molecular formula is C13H19ClN4OS. The molecule has 0 aliphatic rings. The third kappa shape index (κ3) is 2.87. The van der Waals surface area contributed by atoms with E-state index in [1.807, 2.05) is 6.92 Å². The Balaban J connectivity index is 2.29. The van der Waals surface area contributed by atoms with Gasteiger partial charge < -0.3 is 5.11 Å². The molecule has 1 atom stereocenters. The van der Waals surface area contributed by atoms with E-state index in [9.17, 15) is 5.11 Å². The average Bonchev–Trinajstić information content (AvgIpc) is 2.90. The van der Waals surface area contributed by atoms with E-state index < -0.39 is 6.10 Å². The summed E-state index contributed by atoms with van der Waals surface area (Å²) in [5, 5.41) is 19.5. The molecule has 1 N–H and O–H groups in total. The summed E-state index contributed by atoms with van der Waals surface area (Å²) < 4.78 is 5.60. The Hall–Kier alpha value is -0.980. The minimum absolute atomic E-state index is 0.142. The lowest BCUT2D eigenvalue weighted by Crippen LogP contribution is -2.16. The van der Waals surface area contributed by atoms with Crippen molar-refractivity contribution >= 4 is 23.1 Å². The van der Waals surface area contributed by atoms with Gasteiger partial charge in [-0.05, 0) is 18.5 Å². The van der Waals surface area contributed by atoms with Gasteiger partial charge in [-0.2, -0.15) is 5.10 Å². The van der Waals surface area contributed by atoms with Gasteiger partial charge in [-0.25, -0.2) is 0 Å². The van der Waals surface area contributed by atoms with E-state index in [2.05, 4.69) is 35.5 Å². The van der Waals surface area contributed by atoms with Crippen molar-refractivity contribution in [3.8, 4) is 0 Å². The third-order valence-electron chi connectivity index (χ3n) is 3.19. The summed E-state index contributed by atoms with van der Waals surface area (Å²) in [5.74, 6) is 0. The summed E-state index contributed by atoms with van der Waals surface area (Å²) in [6, 6.07) is 0. The standard InChI is InChI=1S/C13H19ClN4OS/c1-7-8(12(14)18(5)16-7)6-9(19)10-11(13(2,3)4)15-17-20-10/h9,19H,6H2,1-5H3. The van der Waals surface area contributed by atoms with E-state index in [0.717, 1.165) is 21.8 Å². The molecule has 0 fully saturated rings. The van der Waals surface area contributed by atoms with E-state index in [1.54, 1.807) is 11.7 Å². The van der Waals surface area contributed by atoms with Gasteiger partial charge in [-0.15, -0.1) is 5.10 Å². The number of hydrogen-bond acceptors (Lipinski definition) is 5. The molecule has 0 radical (unpaired) electrons. The fourth-order valence-electron chi connectivity index (χ4n) is 2.13. The number of rotatable bonds is 3. The number of aliphatic hydroxyl groups excluding tert-OH is 1. The van der Waals surface area contributed by atoms with E-state index in [-0.39, 0.29) is 5.41 Å². The van der Waals surface area contributed by atoms with E-state index in [0.29, 0.717) is 11.6 Å². The summed E-state index contributed by atoms with van der Waals surface area (Å²) in [7, 11) is 1.79. The zero-order valence-electron chi connectivity index (χ0n) is 12.3. The second-order valence-corrected chi connectivity index (χ2v) is 7.08. The van der Waals surface area contributed by atoms with Crippen molar-refractivity contribution in [1.29, 1.82) is 0 Å². The molecule has 20 heavy (non-hydrogen) atoms. The predicted octanol–water partition coefficient (Wildman–Crippen LogP) is 2.81. The quantitative estimate of drug-likeness (QED) is 0.946. The molecule has 0 bridgehead atoms. The predicted molar refractivity (Wildman–Crippen MR) is 80.2 cm³/mol. The maximum Gasteiger partial charge on any atom is 0.130 e. The van der Waals surface area contributed by atoms with Crippen LogP contribution in [-0.4, -0.2) is 24.5 Å². The Labute approximate surface area is 127 Å². The molecule has 1 unspecified atom stereocenters. The van der Waals surface area contributed by atoms with Crippen LogP contribution in [0.3, 0.4) is 0 Å². The Morgan fingerprint density at radius 2 is 2.05 bits per heavy atom. The summed E-state index contributed by atoms with van der Waals surface area (Å²) >= 11 is 7.45. The van der Waals surface area contributed by atoms with Crippen LogP contribution in [0.1, 0.15) is 48.7 Å². The van der Waals surface area contributed by atoms with E-state index >= 15 is 0 Å². The van der Waals surface area contributed by atoms with Gasteiger partial charge in [0, 0.05) is 24.4 Å². The summed E-state index contributed by atoms with van der Waals surface area (Å²) in [5.41, 5.74) is 2.41. The van der Waals surface area contributed by atoms with Gasteiger partial charge in [0.15, 0.2) is 0 Å². The van der Waals surface area contributed by atoms with Gasteiger partial charge in [-0.1, -0.05) is 36.9 Å². The fraction of sp³-hybridized carbons (Fsp3) is 0.615. The molecule has 0 saturated heterocycles. The summed E-state index contributed by atoms with van der Waals surface area (Å²) in [6.45, 7) is 8.07. The monoisotopic (exact) mass is 314 g/mol. The highest BCUT2D eigenvalue weighted by atomic mass is 35.5. The molecule has 0 aliphatic carbocycles. The molecule has 0 saturated carbocycles. The SMILES string of the molecule is Cc1nn(C)c(Cl)c1CC(O)c1snnc1C(C)(C)C. The van der Waals surface area contributed by atoms with Gasteiger partial charge >= 0.3 is 0 Å². The molecule has 5 nitrogen and oxygen atoms in total. The number of hydrogen-bond donors (Lipinski definition) is 1. The molecule has 2 heterocycles. The third-order valence-corrected chi connectivity index (χ3v) is 4.49. The van der Waals surface area contributed by atoms with Crippen LogP contribution in [0.25, 0.3) is 0 Å². The lowest BCUT2D eigenvalue weighted by Gasteiger charge is -2.19. The largest absolute Gasteiger partial charge is 0.387 e. The maximum absolute atomic E-state index is 10.5.